The molecule has 0 radical (unpaired) electrons. The first-order valence-corrected chi connectivity index (χ1v) is 4.20. The summed E-state index contributed by atoms with van der Waals surface area (Å²) < 4.78 is 23.6. The van der Waals surface area contributed by atoms with E-state index in [0.717, 1.165) is 0 Å². The van der Waals surface area contributed by atoms with Gasteiger partial charge in [-0.25, -0.2) is 10.3 Å². The van der Waals surface area contributed by atoms with Crippen LogP contribution in [0.1, 0.15) is 5.56 Å². The van der Waals surface area contributed by atoms with E-state index in [1.165, 1.54) is 6.07 Å². The Morgan fingerprint density at radius 2 is 2.36 bits per heavy atom. The standard InChI is InChI=1S/C8H7ClFNO3/c9-5-1-6-8(13-3-12-6)4(2-14-11)7(5)10/h1H,2-3,11H2. The zero-order valence-electron chi connectivity index (χ0n) is 7.05. The topological polar surface area (TPSA) is 53.7 Å². The van der Waals surface area contributed by atoms with Crippen LogP contribution in [-0.2, 0) is 11.4 Å². The van der Waals surface area contributed by atoms with E-state index in [-0.39, 0.29) is 24.0 Å². The molecule has 0 aliphatic carbocycles. The largest absolute Gasteiger partial charge is 0.454 e. The summed E-state index contributed by atoms with van der Waals surface area (Å²) in [7, 11) is 0. The van der Waals surface area contributed by atoms with Gasteiger partial charge < -0.3 is 9.47 Å². The van der Waals surface area contributed by atoms with Crippen LogP contribution < -0.4 is 15.4 Å². The third-order valence-corrected chi connectivity index (χ3v) is 2.15. The van der Waals surface area contributed by atoms with Gasteiger partial charge in [0.05, 0.1) is 17.2 Å². The molecule has 0 amide bonds. The average molecular weight is 220 g/mol. The minimum absolute atomic E-state index is 0.0405. The summed E-state index contributed by atoms with van der Waals surface area (Å²) in [6.07, 6.45) is 0. The van der Waals surface area contributed by atoms with Crippen molar-refractivity contribution in [1.29, 1.82) is 0 Å². The van der Waals surface area contributed by atoms with E-state index >= 15 is 0 Å². The predicted molar refractivity (Wildman–Crippen MR) is 46.5 cm³/mol. The minimum atomic E-state index is -0.596. The number of ether oxygens (including phenoxy) is 2. The maximum atomic E-state index is 13.4. The van der Waals surface area contributed by atoms with Crippen molar-refractivity contribution in [1.82, 2.24) is 0 Å². The van der Waals surface area contributed by atoms with Crippen LogP contribution in [0.2, 0.25) is 5.02 Å². The minimum Gasteiger partial charge on any atom is -0.454 e. The Hall–Kier alpha value is -1.04. The molecular formula is C8H7ClFNO3. The van der Waals surface area contributed by atoms with E-state index in [1.807, 2.05) is 0 Å². The molecule has 0 saturated heterocycles. The van der Waals surface area contributed by atoms with Crippen LogP contribution in [-0.4, -0.2) is 6.79 Å². The van der Waals surface area contributed by atoms with Crippen LogP contribution in [0.4, 0.5) is 4.39 Å². The summed E-state index contributed by atoms with van der Waals surface area (Å²) in [4.78, 5) is 4.35. The molecule has 76 valence electrons. The highest BCUT2D eigenvalue weighted by Gasteiger charge is 2.23. The van der Waals surface area contributed by atoms with Gasteiger partial charge in [0.25, 0.3) is 0 Å². The van der Waals surface area contributed by atoms with Gasteiger partial charge in [-0.15, -0.1) is 0 Å². The van der Waals surface area contributed by atoms with Crippen LogP contribution in [0.3, 0.4) is 0 Å². The van der Waals surface area contributed by atoms with Gasteiger partial charge in [0, 0.05) is 6.07 Å². The van der Waals surface area contributed by atoms with Gasteiger partial charge >= 0.3 is 0 Å². The first kappa shape index (κ1) is 9.51. The van der Waals surface area contributed by atoms with Gasteiger partial charge in [-0.3, -0.25) is 4.84 Å². The molecule has 0 bridgehead atoms. The van der Waals surface area contributed by atoms with Crippen LogP contribution in [0.15, 0.2) is 6.07 Å². The molecule has 2 N–H and O–H groups in total. The van der Waals surface area contributed by atoms with Crippen molar-refractivity contribution in [3.8, 4) is 11.5 Å². The van der Waals surface area contributed by atoms with Crippen LogP contribution >= 0.6 is 11.6 Å². The molecule has 14 heavy (non-hydrogen) atoms. The summed E-state index contributed by atoms with van der Waals surface area (Å²) >= 11 is 5.63. The Kier molecular flexibility index (Phi) is 2.45. The Balaban J connectivity index is 2.54. The van der Waals surface area contributed by atoms with Gasteiger partial charge in [0.1, 0.15) is 0 Å². The Bertz CT molecular complexity index is 372. The van der Waals surface area contributed by atoms with Crippen molar-refractivity contribution in [3.05, 3.63) is 22.5 Å². The maximum absolute atomic E-state index is 13.4. The molecule has 6 heteroatoms. The molecule has 1 aromatic rings. The van der Waals surface area contributed by atoms with E-state index in [4.69, 9.17) is 27.0 Å². The van der Waals surface area contributed by atoms with E-state index in [9.17, 15) is 4.39 Å². The van der Waals surface area contributed by atoms with Gasteiger partial charge in [-0.1, -0.05) is 11.6 Å². The molecule has 4 nitrogen and oxygen atoms in total. The Morgan fingerprint density at radius 1 is 1.57 bits per heavy atom. The normalized spacial score (nSPS) is 13.4. The lowest BCUT2D eigenvalue weighted by Crippen LogP contribution is -2.03. The van der Waals surface area contributed by atoms with Gasteiger partial charge in [0.2, 0.25) is 6.79 Å². The van der Waals surface area contributed by atoms with Crippen LogP contribution in [0, 0.1) is 5.82 Å². The summed E-state index contributed by atoms with van der Waals surface area (Å²) in [6.45, 7) is -0.0647. The molecule has 1 aromatic carbocycles. The number of halogens is 2. The third-order valence-electron chi connectivity index (χ3n) is 1.88. The van der Waals surface area contributed by atoms with Crippen molar-refractivity contribution in [2.75, 3.05) is 6.79 Å². The summed E-state index contributed by atoms with van der Waals surface area (Å²) in [6, 6.07) is 1.36. The maximum Gasteiger partial charge on any atom is 0.231 e. The van der Waals surface area contributed by atoms with Crippen molar-refractivity contribution >= 4 is 11.6 Å². The zero-order valence-corrected chi connectivity index (χ0v) is 7.81. The van der Waals surface area contributed by atoms with Crippen LogP contribution in [0.25, 0.3) is 0 Å². The smallest absolute Gasteiger partial charge is 0.231 e. The zero-order chi connectivity index (χ0) is 10.1. The highest BCUT2D eigenvalue weighted by atomic mass is 35.5. The SMILES string of the molecule is NOCc1c(F)c(Cl)cc2c1OCO2. The van der Waals surface area contributed by atoms with Gasteiger partial charge in [-0.2, -0.15) is 0 Å². The number of fused-ring (bicyclic) bond motifs is 1. The lowest BCUT2D eigenvalue weighted by molar-refractivity contribution is 0.117. The first-order valence-electron chi connectivity index (χ1n) is 3.82. The molecule has 1 aliphatic rings. The molecule has 1 heterocycles. The highest BCUT2D eigenvalue weighted by Crippen LogP contribution is 2.40. The quantitative estimate of drug-likeness (QED) is 0.768. The number of hydrogen-bond acceptors (Lipinski definition) is 4. The molecule has 0 spiro atoms. The Labute approximate surface area is 84.3 Å². The summed E-state index contributed by atoms with van der Waals surface area (Å²) in [5.41, 5.74) is 0.174. The molecule has 0 saturated carbocycles. The number of rotatable bonds is 2. The molecule has 2 rings (SSSR count). The van der Waals surface area contributed by atoms with E-state index in [1.54, 1.807) is 0 Å². The first-order chi connectivity index (χ1) is 6.74. The fraction of sp³-hybridized carbons (Fsp3) is 0.250. The van der Waals surface area contributed by atoms with Crippen molar-refractivity contribution in [3.63, 3.8) is 0 Å². The number of hydrogen-bond donors (Lipinski definition) is 1. The second kappa shape index (κ2) is 3.61. The highest BCUT2D eigenvalue weighted by molar-refractivity contribution is 6.31. The fourth-order valence-corrected chi connectivity index (χ4v) is 1.48. The van der Waals surface area contributed by atoms with E-state index < -0.39 is 5.82 Å². The lowest BCUT2D eigenvalue weighted by Gasteiger charge is -2.06. The van der Waals surface area contributed by atoms with Gasteiger partial charge in [0.15, 0.2) is 17.3 Å². The molecule has 1 aliphatic heterocycles. The van der Waals surface area contributed by atoms with E-state index in [2.05, 4.69) is 4.84 Å². The number of nitrogens with two attached hydrogens (primary N) is 1. The molecule has 0 atom stereocenters. The molecular weight excluding hydrogens is 213 g/mol. The molecule has 0 fully saturated rings. The monoisotopic (exact) mass is 219 g/mol. The molecule has 0 unspecified atom stereocenters. The second-order valence-electron chi connectivity index (χ2n) is 2.70. The van der Waals surface area contributed by atoms with Crippen LogP contribution in [0.5, 0.6) is 11.5 Å². The molecule has 0 aromatic heterocycles. The fourth-order valence-electron chi connectivity index (χ4n) is 1.27. The number of benzene rings is 1. The summed E-state index contributed by atoms with van der Waals surface area (Å²) in [5, 5.41) is -0.0405. The average Bonchev–Trinajstić information content (AvgIpc) is 2.60. The second-order valence-corrected chi connectivity index (χ2v) is 3.10. The predicted octanol–water partition coefficient (Wildman–Crippen LogP) is 1.60. The van der Waals surface area contributed by atoms with E-state index in [0.29, 0.717) is 11.5 Å². The summed E-state index contributed by atoms with van der Waals surface area (Å²) in [5.74, 6) is 4.98. The van der Waals surface area contributed by atoms with Gasteiger partial charge in [-0.05, 0) is 0 Å². The van der Waals surface area contributed by atoms with Crippen molar-refractivity contribution in [2.24, 2.45) is 5.90 Å². The van der Waals surface area contributed by atoms with Crippen molar-refractivity contribution in [2.45, 2.75) is 6.61 Å². The Morgan fingerprint density at radius 3 is 3.07 bits per heavy atom. The van der Waals surface area contributed by atoms with Crippen molar-refractivity contribution < 1.29 is 18.7 Å². The lowest BCUT2D eigenvalue weighted by atomic mass is 10.2. The third kappa shape index (κ3) is 1.39.